The Kier molecular flexibility index (Phi) is 6.44. The highest BCUT2D eigenvalue weighted by Crippen LogP contribution is 2.27. The summed E-state index contributed by atoms with van der Waals surface area (Å²) in [5, 5.41) is 13.8. The van der Waals surface area contributed by atoms with Gasteiger partial charge >= 0.3 is 0 Å². The predicted molar refractivity (Wildman–Crippen MR) is 106 cm³/mol. The van der Waals surface area contributed by atoms with Crippen LogP contribution in [-0.4, -0.2) is 52.9 Å². The third-order valence-electron chi connectivity index (χ3n) is 5.40. The van der Waals surface area contributed by atoms with Gasteiger partial charge in [-0.05, 0) is 31.0 Å². The van der Waals surface area contributed by atoms with Gasteiger partial charge in [-0.2, -0.15) is 0 Å². The zero-order chi connectivity index (χ0) is 19.3. The standard InChI is InChI=1S/C21H29N3O3/c1-16-12-27-15-21(14-25,24(16)11-18-6-4-3-5-7-18)13-23-17(2)19-8-9-22-20(26)10-19/h3-10,16-17,23,25H,11-15H2,1-2H3,(H,22,26)/t16-,17?,21+/m1/s1. The maximum Gasteiger partial charge on any atom is 0.248 e. The summed E-state index contributed by atoms with van der Waals surface area (Å²) in [6, 6.07) is 14.0. The average molecular weight is 371 g/mol. The second kappa shape index (κ2) is 8.80. The number of ether oxygens (including phenoxy) is 1. The molecule has 6 heteroatoms. The Hall–Kier alpha value is -1.99. The van der Waals surface area contributed by atoms with E-state index in [-0.39, 0.29) is 24.2 Å². The Morgan fingerprint density at radius 3 is 2.85 bits per heavy atom. The topological polar surface area (TPSA) is 77.6 Å². The molecule has 1 aromatic carbocycles. The summed E-state index contributed by atoms with van der Waals surface area (Å²) < 4.78 is 5.82. The summed E-state index contributed by atoms with van der Waals surface area (Å²) in [6.45, 7) is 6.59. The number of aliphatic hydroxyl groups excluding tert-OH is 1. The molecule has 1 saturated heterocycles. The van der Waals surface area contributed by atoms with E-state index in [2.05, 4.69) is 34.3 Å². The molecule has 0 saturated carbocycles. The molecular formula is C21H29N3O3. The smallest absolute Gasteiger partial charge is 0.248 e. The van der Waals surface area contributed by atoms with Crippen molar-refractivity contribution in [2.75, 3.05) is 26.4 Å². The fourth-order valence-corrected chi connectivity index (χ4v) is 3.70. The number of nitrogens with one attached hydrogen (secondary N) is 2. The van der Waals surface area contributed by atoms with Crippen molar-refractivity contribution in [2.24, 2.45) is 0 Å². The van der Waals surface area contributed by atoms with Crippen LogP contribution in [0.2, 0.25) is 0 Å². The van der Waals surface area contributed by atoms with Crippen molar-refractivity contribution in [3.05, 3.63) is 70.1 Å². The molecule has 146 valence electrons. The Morgan fingerprint density at radius 2 is 2.15 bits per heavy atom. The van der Waals surface area contributed by atoms with Crippen LogP contribution in [0.3, 0.4) is 0 Å². The first kappa shape index (κ1) is 19.8. The number of aromatic amines is 1. The summed E-state index contributed by atoms with van der Waals surface area (Å²) in [5.74, 6) is 0. The fourth-order valence-electron chi connectivity index (χ4n) is 3.70. The number of aliphatic hydroxyl groups is 1. The third-order valence-corrected chi connectivity index (χ3v) is 5.40. The number of hydrogen-bond donors (Lipinski definition) is 3. The summed E-state index contributed by atoms with van der Waals surface area (Å²) in [4.78, 5) is 16.5. The lowest BCUT2D eigenvalue weighted by molar-refractivity contribution is -0.123. The van der Waals surface area contributed by atoms with Gasteiger partial charge in [-0.15, -0.1) is 0 Å². The Balaban J connectivity index is 1.76. The number of aromatic nitrogens is 1. The quantitative estimate of drug-likeness (QED) is 0.690. The third kappa shape index (κ3) is 4.65. The maximum atomic E-state index is 11.6. The molecular weight excluding hydrogens is 342 g/mol. The highest BCUT2D eigenvalue weighted by atomic mass is 16.5. The van der Waals surface area contributed by atoms with Crippen molar-refractivity contribution < 1.29 is 9.84 Å². The first-order chi connectivity index (χ1) is 13.0. The molecule has 27 heavy (non-hydrogen) atoms. The van der Waals surface area contributed by atoms with Crippen molar-refractivity contribution in [2.45, 2.75) is 38.0 Å². The number of rotatable bonds is 7. The lowest BCUT2D eigenvalue weighted by Crippen LogP contribution is -2.66. The van der Waals surface area contributed by atoms with Crippen LogP contribution in [0.5, 0.6) is 0 Å². The number of pyridine rings is 1. The molecule has 1 aliphatic rings. The van der Waals surface area contributed by atoms with Crippen LogP contribution in [0.25, 0.3) is 0 Å². The van der Waals surface area contributed by atoms with Crippen molar-refractivity contribution >= 4 is 0 Å². The molecule has 1 aliphatic heterocycles. The van der Waals surface area contributed by atoms with Gasteiger partial charge in [0.1, 0.15) is 0 Å². The van der Waals surface area contributed by atoms with Gasteiger partial charge in [0, 0.05) is 37.4 Å². The number of nitrogens with zero attached hydrogens (tertiary/aromatic N) is 1. The Morgan fingerprint density at radius 1 is 1.37 bits per heavy atom. The SMILES string of the molecule is CC(NC[C@]1(CO)COC[C@@H](C)N1Cc1ccccc1)c1cc[nH]c(=O)c1. The van der Waals surface area contributed by atoms with Crippen molar-refractivity contribution in [3.63, 3.8) is 0 Å². The molecule has 3 rings (SSSR count). The molecule has 3 N–H and O–H groups in total. The molecule has 0 spiro atoms. The minimum atomic E-state index is -0.511. The molecule has 1 fully saturated rings. The molecule has 0 aliphatic carbocycles. The second-order valence-corrected chi connectivity index (χ2v) is 7.45. The van der Waals surface area contributed by atoms with Crippen molar-refractivity contribution in [1.29, 1.82) is 0 Å². The van der Waals surface area contributed by atoms with Gasteiger partial charge < -0.3 is 20.1 Å². The van der Waals surface area contributed by atoms with E-state index < -0.39 is 5.54 Å². The van der Waals surface area contributed by atoms with Gasteiger partial charge in [-0.25, -0.2) is 0 Å². The minimum absolute atomic E-state index is 0.000728. The highest BCUT2D eigenvalue weighted by Gasteiger charge is 2.42. The lowest BCUT2D eigenvalue weighted by atomic mass is 9.93. The normalized spacial score (nSPS) is 24.6. The Labute approximate surface area is 160 Å². The first-order valence-corrected chi connectivity index (χ1v) is 9.45. The highest BCUT2D eigenvalue weighted by molar-refractivity contribution is 5.17. The van der Waals surface area contributed by atoms with Crippen molar-refractivity contribution in [1.82, 2.24) is 15.2 Å². The zero-order valence-electron chi connectivity index (χ0n) is 16.0. The molecule has 6 nitrogen and oxygen atoms in total. The van der Waals surface area contributed by atoms with Gasteiger partial charge in [0.05, 0.1) is 25.4 Å². The van der Waals surface area contributed by atoms with Crippen LogP contribution in [0.15, 0.2) is 53.5 Å². The van der Waals surface area contributed by atoms with Crippen LogP contribution in [-0.2, 0) is 11.3 Å². The molecule has 2 heterocycles. The summed E-state index contributed by atoms with van der Waals surface area (Å²) in [7, 11) is 0. The van der Waals surface area contributed by atoms with E-state index in [1.807, 2.05) is 31.2 Å². The second-order valence-electron chi connectivity index (χ2n) is 7.45. The summed E-state index contributed by atoms with van der Waals surface area (Å²) in [5.41, 5.74) is 1.51. The monoisotopic (exact) mass is 371 g/mol. The lowest BCUT2D eigenvalue weighted by Gasteiger charge is -2.50. The molecule has 3 atom stereocenters. The fraction of sp³-hybridized carbons (Fsp3) is 0.476. The molecule has 0 bridgehead atoms. The summed E-state index contributed by atoms with van der Waals surface area (Å²) in [6.07, 6.45) is 1.66. The van der Waals surface area contributed by atoms with Crippen LogP contribution in [0, 0.1) is 0 Å². The van der Waals surface area contributed by atoms with E-state index in [1.54, 1.807) is 12.3 Å². The predicted octanol–water partition coefficient (Wildman–Crippen LogP) is 1.68. The van der Waals surface area contributed by atoms with E-state index in [4.69, 9.17) is 4.74 Å². The number of hydrogen-bond acceptors (Lipinski definition) is 5. The van der Waals surface area contributed by atoms with Crippen LogP contribution < -0.4 is 10.9 Å². The maximum absolute atomic E-state index is 11.6. The largest absolute Gasteiger partial charge is 0.394 e. The molecule has 2 aromatic rings. The zero-order valence-corrected chi connectivity index (χ0v) is 16.0. The van der Waals surface area contributed by atoms with E-state index in [9.17, 15) is 9.90 Å². The number of H-pyrrole nitrogens is 1. The van der Waals surface area contributed by atoms with E-state index >= 15 is 0 Å². The molecule has 0 radical (unpaired) electrons. The first-order valence-electron chi connectivity index (χ1n) is 9.45. The van der Waals surface area contributed by atoms with E-state index in [1.165, 1.54) is 5.56 Å². The van der Waals surface area contributed by atoms with Crippen LogP contribution in [0.1, 0.15) is 31.0 Å². The van der Waals surface area contributed by atoms with E-state index in [0.717, 1.165) is 12.1 Å². The van der Waals surface area contributed by atoms with Gasteiger partial charge in [0.15, 0.2) is 0 Å². The number of morpholine rings is 1. The van der Waals surface area contributed by atoms with Crippen LogP contribution >= 0.6 is 0 Å². The number of benzene rings is 1. The minimum Gasteiger partial charge on any atom is -0.394 e. The van der Waals surface area contributed by atoms with Crippen LogP contribution in [0.4, 0.5) is 0 Å². The van der Waals surface area contributed by atoms with Gasteiger partial charge in [-0.1, -0.05) is 30.3 Å². The van der Waals surface area contributed by atoms with Gasteiger partial charge in [0.2, 0.25) is 5.56 Å². The summed E-state index contributed by atoms with van der Waals surface area (Å²) >= 11 is 0. The van der Waals surface area contributed by atoms with Gasteiger partial charge in [0.25, 0.3) is 0 Å². The van der Waals surface area contributed by atoms with Gasteiger partial charge in [-0.3, -0.25) is 9.69 Å². The Bertz CT molecular complexity index is 779. The molecule has 1 unspecified atom stereocenters. The molecule has 1 aromatic heterocycles. The van der Waals surface area contributed by atoms with E-state index in [0.29, 0.717) is 19.8 Å². The van der Waals surface area contributed by atoms with Crippen molar-refractivity contribution in [3.8, 4) is 0 Å². The molecule has 0 amide bonds. The average Bonchev–Trinajstić information content (AvgIpc) is 2.69.